The molecule has 1 N–H and O–H groups in total. The molecule has 2 aromatic carbocycles. The van der Waals surface area contributed by atoms with Crippen molar-refractivity contribution in [2.75, 3.05) is 5.32 Å². The van der Waals surface area contributed by atoms with Gasteiger partial charge < -0.3 is 10.1 Å². The zero-order chi connectivity index (χ0) is 17.7. The third-order valence-corrected chi connectivity index (χ3v) is 3.42. The minimum Gasteiger partial charge on any atom is -0.481 e. The molecule has 1 amide bonds. The normalized spacial score (nSPS) is 12.5. The van der Waals surface area contributed by atoms with Crippen LogP contribution in [0.25, 0.3) is 0 Å². The first-order valence-electron chi connectivity index (χ1n) is 7.51. The number of alkyl halides is 3. The zero-order valence-electron chi connectivity index (χ0n) is 13.4. The third-order valence-electron chi connectivity index (χ3n) is 3.42. The topological polar surface area (TPSA) is 38.3 Å². The van der Waals surface area contributed by atoms with Crippen LogP contribution < -0.4 is 10.1 Å². The standard InChI is InChI=1S/C18H18F3NO2/c1-3-16(24-15-9-7-12(2)8-10-15)17(23)22-14-6-4-5-13(11-14)18(19,20)21/h4-11,16H,3H2,1-2H3,(H,22,23)/t16-/m1/s1. The van der Waals surface area contributed by atoms with Gasteiger partial charge in [0.25, 0.3) is 5.91 Å². The number of halogens is 3. The van der Waals surface area contributed by atoms with E-state index in [0.717, 1.165) is 17.7 Å². The lowest BCUT2D eigenvalue weighted by Crippen LogP contribution is -2.32. The van der Waals surface area contributed by atoms with Gasteiger partial charge in [0, 0.05) is 5.69 Å². The monoisotopic (exact) mass is 337 g/mol. The molecule has 3 nitrogen and oxygen atoms in total. The molecule has 128 valence electrons. The Kier molecular flexibility index (Phi) is 5.49. The summed E-state index contributed by atoms with van der Waals surface area (Å²) < 4.78 is 43.8. The number of rotatable bonds is 5. The first-order chi connectivity index (χ1) is 11.3. The lowest BCUT2D eigenvalue weighted by atomic mass is 10.2. The van der Waals surface area contributed by atoms with E-state index in [1.165, 1.54) is 12.1 Å². The maximum absolute atomic E-state index is 12.7. The molecule has 0 fully saturated rings. The summed E-state index contributed by atoms with van der Waals surface area (Å²) in [4.78, 5) is 12.3. The zero-order valence-corrected chi connectivity index (χ0v) is 13.4. The van der Waals surface area contributed by atoms with E-state index < -0.39 is 23.8 Å². The number of ether oxygens (including phenoxy) is 1. The van der Waals surface area contributed by atoms with Crippen LogP contribution in [0.3, 0.4) is 0 Å². The quantitative estimate of drug-likeness (QED) is 0.850. The van der Waals surface area contributed by atoms with Crippen molar-refractivity contribution in [1.82, 2.24) is 0 Å². The minimum atomic E-state index is -4.46. The molecule has 0 aliphatic heterocycles. The summed E-state index contributed by atoms with van der Waals surface area (Å²) in [5.41, 5.74) is 0.331. The van der Waals surface area contributed by atoms with Gasteiger partial charge in [0.15, 0.2) is 6.10 Å². The molecule has 0 aliphatic rings. The number of aryl methyl sites for hydroxylation is 1. The van der Waals surface area contributed by atoms with Crippen LogP contribution in [0.15, 0.2) is 48.5 Å². The van der Waals surface area contributed by atoms with E-state index in [1.54, 1.807) is 19.1 Å². The second kappa shape index (κ2) is 7.38. The number of carbonyl (C=O) groups is 1. The Bertz CT molecular complexity index is 696. The van der Waals surface area contributed by atoms with E-state index >= 15 is 0 Å². The number of hydrogen-bond acceptors (Lipinski definition) is 2. The van der Waals surface area contributed by atoms with Gasteiger partial charge in [-0.15, -0.1) is 0 Å². The summed E-state index contributed by atoms with van der Waals surface area (Å²) in [6.45, 7) is 3.70. The molecule has 0 spiro atoms. The largest absolute Gasteiger partial charge is 0.481 e. The summed E-state index contributed by atoms with van der Waals surface area (Å²) in [7, 11) is 0. The van der Waals surface area contributed by atoms with Crippen molar-refractivity contribution in [3.63, 3.8) is 0 Å². The van der Waals surface area contributed by atoms with Gasteiger partial charge in [-0.25, -0.2) is 0 Å². The average Bonchev–Trinajstić information content (AvgIpc) is 2.53. The van der Waals surface area contributed by atoms with E-state index in [4.69, 9.17) is 4.74 Å². The number of amides is 1. The van der Waals surface area contributed by atoms with Gasteiger partial charge in [0.2, 0.25) is 0 Å². The molecule has 0 saturated heterocycles. The van der Waals surface area contributed by atoms with E-state index in [1.807, 2.05) is 19.1 Å². The smallest absolute Gasteiger partial charge is 0.416 e. The molecular formula is C18H18F3NO2. The highest BCUT2D eigenvalue weighted by Crippen LogP contribution is 2.30. The molecule has 0 aromatic heterocycles. The summed E-state index contributed by atoms with van der Waals surface area (Å²) in [5.74, 6) is 0.0454. The predicted molar refractivity (Wildman–Crippen MR) is 86.0 cm³/mol. The summed E-state index contributed by atoms with van der Waals surface area (Å²) in [5, 5.41) is 2.47. The van der Waals surface area contributed by atoms with Crippen molar-refractivity contribution in [1.29, 1.82) is 0 Å². The van der Waals surface area contributed by atoms with Crippen molar-refractivity contribution < 1.29 is 22.7 Å². The Morgan fingerprint density at radius 1 is 1.17 bits per heavy atom. The number of nitrogens with one attached hydrogen (secondary N) is 1. The van der Waals surface area contributed by atoms with Crippen LogP contribution >= 0.6 is 0 Å². The highest BCUT2D eigenvalue weighted by molar-refractivity contribution is 5.94. The third kappa shape index (κ3) is 4.75. The molecule has 0 bridgehead atoms. The lowest BCUT2D eigenvalue weighted by molar-refractivity contribution is -0.137. The van der Waals surface area contributed by atoms with Crippen LogP contribution in [0.4, 0.5) is 18.9 Å². The first kappa shape index (κ1) is 17.8. The van der Waals surface area contributed by atoms with Crippen LogP contribution in [0.5, 0.6) is 5.75 Å². The maximum atomic E-state index is 12.7. The highest BCUT2D eigenvalue weighted by Gasteiger charge is 2.30. The van der Waals surface area contributed by atoms with E-state index in [-0.39, 0.29) is 5.69 Å². The number of benzene rings is 2. The van der Waals surface area contributed by atoms with Crippen molar-refractivity contribution >= 4 is 11.6 Å². The fourth-order valence-electron chi connectivity index (χ4n) is 2.10. The van der Waals surface area contributed by atoms with Gasteiger partial charge in [-0.2, -0.15) is 13.2 Å². The predicted octanol–water partition coefficient (Wildman–Crippen LogP) is 4.81. The van der Waals surface area contributed by atoms with Gasteiger partial charge in [0.1, 0.15) is 5.75 Å². The molecule has 6 heteroatoms. The first-order valence-corrected chi connectivity index (χ1v) is 7.51. The highest BCUT2D eigenvalue weighted by atomic mass is 19.4. The Balaban J connectivity index is 2.08. The Morgan fingerprint density at radius 3 is 2.42 bits per heavy atom. The lowest BCUT2D eigenvalue weighted by Gasteiger charge is -2.18. The van der Waals surface area contributed by atoms with Gasteiger partial charge >= 0.3 is 6.18 Å². The summed E-state index contributed by atoms with van der Waals surface area (Å²) in [6, 6.07) is 11.7. The number of hydrogen-bond donors (Lipinski definition) is 1. The Hall–Kier alpha value is -2.50. The van der Waals surface area contributed by atoms with Crippen molar-refractivity contribution in [2.45, 2.75) is 32.5 Å². The molecule has 0 aliphatic carbocycles. The number of carbonyl (C=O) groups excluding carboxylic acids is 1. The van der Waals surface area contributed by atoms with Gasteiger partial charge in [-0.1, -0.05) is 30.7 Å². The van der Waals surface area contributed by atoms with E-state index in [0.29, 0.717) is 12.2 Å². The van der Waals surface area contributed by atoms with Gasteiger partial charge in [0.05, 0.1) is 5.56 Å². The van der Waals surface area contributed by atoms with Crippen LogP contribution in [0, 0.1) is 6.92 Å². The van der Waals surface area contributed by atoms with Crippen LogP contribution in [0.1, 0.15) is 24.5 Å². The molecule has 0 heterocycles. The van der Waals surface area contributed by atoms with E-state index in [2.05, 4.69) is 5.32 Å². The van der Waals surface area contributed by atoms with Crippen molar-refractivity contribution in [3.05, 3.63) is 59.7 Å². The maximum Gasteiger partial charge on any atom is 0.416 e. The summed E-state index contributed by atoms with van der Waals surface area (Å²) in [6.07, 6.45) is -4.86. The molecule has 2 rings (SSSR count). The van der Waals surface area contributed by atoms with Crippen molar-refractivity contribution in [2.24, 2.45) is 0 Å². The molecule has 0 radical (unpaired) electrons. The Labute approximate surface area is 138 Å². The van der Waals surface area contributed by atoms with Gasteiger partial charge in [-0.3, -0.25) is 4.79 Å². The van der Waals surface area contributed by atoms with Gasteiger partial charge in [-0.05, 0) is 43.7 Å². The van der Waals surface area contributed by atoms with Crippen LogP contribution in [-0.4, -0.2) is 12.0 Å². The second-order valence-electron chi connectivity index (χ2n) is 5.40. The van der Waals surface area contributed by atoms with Crippen LogP contribution in [0.2, 0.25) is 0 Å². The fraction of sp³-hybridized carbons (Fsp3) is 0.278. The molecule has 24 heavy (non-hydrogen) atoms. The number of anilines is 1. The molecule has 0 saturated carbocycles. The second-order valence-corrected chi connectivity index (χ2v) is 5.40. The SMILES string of the molecule is CC[C@@H](Oc1ccc(C)cc1)C(=O)Nc1cccc(C(F)(F)F)c1. The van der Waals surface area contributed by atoms with Crippen LogP contribution in [-0.2, 0) is 11.0 Å². The summed E-state index contributed by atoms with van der Waals surface area (Å²) >= 11 is 0. The Morgan fingerprint density at radius 2 is 1.83 bits per heavy atom. The molecule has 0 unspecified atom stereocenters. The molecular weight excluding hydrogens is 319 g/mol. The molecule has 1 atom stereocenters. The van der Waals surface area contributed by atoms with E-state index in [9.17, 15) is 18.0 Å². The average molecular weight is 337 g/mol. The molecule has 2 aromatic rings. The minimum absolute atomic E-state index is 0.0841. The fourth-order valence-corrected chi connectivity index (χ4v) is 2.10. The van der Waals surface area contributed by atoms with Crippen molar-refractivity contribution in [3.8, 4) is 5.75 Å².